The van der Waals surface area contributed by atoms with Crippen LogP contribution in [0.2, 0.25) is 0 Å². The van der Waals surface area contributed by atoms with Gasteiger partial charge in [-0.05, 0) is 11.1 Å². The number of benzene rings is 1. The molecule has 0 radical (unpaired) electrons. The van der Waals surface area contributed by atoms with Crippen molar-refractivity contribution in [1.29, 1.82) is 5.26 Å². The van der Waals surface area contributed by atoms with E-state index in [4.69, 9.17) is 10.00 Å². The first-order valence-corrected chi connectivity index (χ1v) is 5.68. The van der Waals surface area contributed by atoms with Crippen LogP contribution in [-0.2, 0) is 22.7 Å². The molecule has 0 aliphatic carbocycles. The molecular weight excluding hydrogens is 230 g/mol. The predicted molar refractivity (Wildman–Crippen MR) is 67.5 cm³/mol. The van der Waals surface area contributed by atoms with E-state index in [-0.39, 0.29) is 19.0 Å². The Balaban J connectivity index is 2.39. The molecule has 96 valence electrons. The summed E-state index contributed by atoms with van der Waals surface area (Å²) >= 11 is 0. The van der Waals surface area contributed by atoms with Gasteiger partial charge in [-0.2, -0.15) is 5.26 Å². The summed E-state index contributed by atoms with van der Waals surface area (Å²) in [5.74, 6) is -0.180. The lowest BCUT2D eigenvalue weighted by molar-refractivity contribution is -0.120. The molecule has 1 aromatic carbocycles. The van der Waals surface area contributed by atoms with Gasteiger partial charge >= 0.3 is 0 Å². The van der Waals surface area contributed by atoms with Gasteiger partial charge in [0.2, 0.25) is 5.91 Å². The Morgan fingerprint density at radius 1 is 1.39 bits per heavy atom. The van der Waals surface area contributed by atoms with E-state index >= 15 is 0 Å². The normalized spacial score (nSPS) is 9.78. The van der Waals surface area contributed by atoms with Crippen molar-refractivity contribution in [3.63, 3.8) is 0 Å². The summed E-state index contributed by atoms with van der Waals surface area (Å²) in [5, 5.41) is 13.8. The minimum atomic E-state index is -0.180. The zero-order chi connectivity index (χ0) is 13.2. The van der Waals surface area contributed by atoms with Crippen LogP contribution in [0.5, 0.6) is 0 Å². The second-order valence-electron chi connectivity index (χ2n) is 3.74. The molecule has 0 spiro atoms. The first-order valence-electron chi connectivity index (χ1n) is 5.68. The van der Waals surface area contributed by atoms with Crippen LogP contribution < -0.4 is 10.6 Å². The fourth-order valence-corrected chi connectivity index (χ4v) is 1.54. The summed E-state index contributed by atoms with van der Waals surface area (Å²) in [7, 11) is 1.65. The van der Waals surface area contributed by atoms with Crippen molar-refractivity contribution < 1.29 is 9.53 Å². The van der Waals surface area contributed by atoms with E-state index < -0.39 is 0 Å². The highest BCUT2D eigenvalue weighted by Gasteiger charge is 2.03. The number of nitrogens with one attached hydrogen (secondary N) is 2. The van der Waals surface area contributed by atoms with Crippen LogP contribution in [0.25, 0.3) is 0 Å². The van der Waals surface area contributed by atoms with E-state index in [9.17, 15) is 4.79 Å². The molecule has 18 heavy (non-hydrogen) atoms. The molecule has 1 aromatic rings. The molecule has 0 aliphatic rings. The number of nitriles is 1. The predicted octanol–water partition coefficient (Wildman–Crippen LogP) is 0.562. The van der Waals surface area contributed by atoms with Crippen molar-refractivity contribution in [2.24, 2.45) is 0 Å². The van der Waals surface area contributed by atoms with Crippen molar-refractivity contribution in [2.75, 3.05) is 20.2 Å². The summed E-state index contributed by atoms with van der Waals surface area (Å²) in [4.78, 5) is 11.3. The van der Waals surface area contributed by atoms with E-state index in [0.29, 0.717) is 13.2 Å². The molecule has 2 N–H and O–H groups in total. The van der Waals surface area contributed by atoms with Crippen molar-refractivity contribution >= 4 is 5.91 Å². The molecule has 0 saturated heterocycles. The quantitative estimate of drug-likeness (QED) is 0.690. The maximum atomic E-state index is 11.3. The SMILES string of the molecule is COCc1ccccc1CNCC(=O)NCC#N. The van der Waals surface area contributed by atoms with E-state index in [0.717, 1.165) is 11.1 Å². The van der Waals surface area contributed by atoms with Gasteiger partial charge in [-0.25, -0.2) is 0 Å². The fraction of sp³-hybridized carbons (Fsp3) is 0.385. The highest BCUT2D eigenvalue weighted by atomic mass is 16.5. The molecule has 0 heterocycles. The van der Waals surface area contributed by atoms with Crippen LogP contribution in [0.4, 0.5) is 0 Å². The molecule has 0 atom stereocenters. The van der Waals surface area contributed by atoms with Crippen LogP contribution in [-0.4, -0.2) is 26.1 Å². The number of hydrogen-bond acceptors (Lipinski definition) is 4. The second-order valence-corrected chi connectivity index (χ2v) is 3.74. The minimum Gasteiger partial charge on any atom is -0.380 e. The molecule has 0 aromatic heterocycles. The van der Waals surface area contributed by atoms with Gasteiger partial charge in [0.1, 0.15) is 6.54 Å². The van der Waals surface area contributed by atoms with Crippen molar-refractivity contribution in [1.82, 2.24) is 10.6 Å². The molecule has 0 saturated carbocycles. The van der Waals surface area contributed by atoms with Crippen molar-refractivity contribution in [2.45, 2.75) is 13.2 Å². The molecule has 5 heteroatoms. The number of carbonyl (C=O) groups is 1. The third-order valence-electron chi connectivity index (χ3n) is 2.38. The number of nitrogens with zero attached hydrogens (tertiary/aromatic N) is 1. The Hall–Kier alpha value is -1.90. The molecule has 5 nitrogen and oxygen atoms in total. The van der Waals surface area contributed by atoms with Gasteiger partial charge in [-0.15, -0.1) is 0 Å². The fourth-order valence-electron chi connectivity index (χ4n) is 1.54. The van der Waals surface area contributed by atoms with Gasteiger partial charge in [0.05, 0.1) is 19.2 Å². The molecule has 0 bridgehead atoms. The van der Waals surface area contributed by atoms with Crippen molar-refractivity contribution in [3.05, 3.63) is 35.4 Å². The van der Waals surface area contributed by atoms with Crippen LogP contribution in [0.3, 0.4) is 0 Å². The lowest BCUT2D eigenvalue weighted by Crippen LogP contribution is -2.33. The Labute approximate surface area is 107 Å². The van der Waals surface area contributed by atoms with E-state index in [1.807, 2.05) is 30.3 Å². The van der Waals surface area contributed by atoms with E-state index in [2.05, 4.69) is 10.6 Å². The highest BCUT2D eigenvalue weighted by Crippen LogP contribution is 2.09. The maximum Gasteiger partial charge on any atom is 0.234 e. The standard InChI is InChI=1S/C13H17N3O2/c1-18-10-12-5-3-2-4-11(12)8-15-9-13(17)16-7-6-14/h2-5,15H,7-10H2,1H3,(H,16,17). The smallest absolute Gasteiger partial charge is 0.234 e. The van der Waals surface area contributed by atoms with Crippen LogP contribution in [0.15, 0.2) is 24.3 Å². The molecule has 0 fully saturated rings. The number of carbonyl (C=O) groups excluding carboxylic acids is 1. The van der Waals surface area contributed by atoms with Gasteiger partial charge in [0.15, 0.2) is 0 Å². The van der Waals surface area contributed by atoms with Crippen molar-refractivity contribution in [3.8, 4) is 6.07 Å². The Bertz CT molecular complexity index is 426. The molecule has 0 aliphatic heterocycles. The molecular formula is C13H17N3O2. The minimum absolute atomic E-state index is 0.0424. The lowest BCUT2D eigenvalue weighted by atomic mass is 10.1. The number of amides is 1. The number of methoxy groups -OCH3 is 1. The zero-order valence-corrected chi connectivity index (χ0v) is 10.4. The number of hydrogen-bond donors (Lipinski definition) is 2. The average molecular weight is 247 g/mol. The summed E-state index contributed by atoms with van der Waals surface area (Å²) < 4.78 is 5.11. The third kappa shape index (κ3) is 4.95. The third-order valence-corrected chi connectivity index (χ3v) is 2.38. The van der Waals surface area contributed by atoms with Gasteiger partial charge in [-0.1, -0.05) is 24.3 Å². The van der Waals surface area contributed by atoms with Gasteiger partial charge in [0, 0.05) is 13.7 Å². The summed E-state index contributed by atoms with van der Waals surface area (Å²) in [6, 6.07) is 9.75. The monoisotopic (exact) mass is 247 g/mol. The molecule has 1 rings (SSSR count). The van der Waals surface area contributed by atoms with E-state index in [1.165, 1.54) is 0 Å². The van der Waals surface area contributed by atoms with Gasteiger partial charge in [0.25, 0.3) is 0 Å². The average Bonchev–Trinajstić information content (AvgIpc) is 2.38. The van der Waals surface area contributed by atoms with Crippen LogP contribution >= 0.6 is 0 Å². The first-order chi connectivity index (χ1) is 8.77. The largest absolute Gasteiger partial charge is 0.380 e. The molecule has 1 amide bonds. The molecule has 0 unspecified atom stereocenters. The van der Waals surface area contributed by atoms with Gasteiger partial charge < -0.3 is 15.4 Å². The highest BCUT2D eigenvalue weighted by molar-refractivity contribution is 5.78. The second kappa shape index (κ2) is 8.23. The summed E-state index contributed by atoms with van der Waals surface area (Å²) in [5.41, 5.74) is 2.21. The van der Waals surface area contributed by atoms with Crippen LogP contribution in [0, 0.1) is 11.3 Å². The number of rotatable bonds is 7. The Kier molecular flexibility index (Phi) is 6.47. The lowest BCUT2D eigenvalue weighted by Gasteiger charge is -2.09. The maximum absolute atomic E-state index is 11.3. The topological polar surface area (TPSA) is 74.2 Å². The van der Waals surface area contributed by atoms with E-state index in [1.54, 1.807) is 7.11 Å². The van der Waals surface area contributed by atoms with Crippen LogP contribution in [0.1, 0.15) is 11.1 Å². The Morgan fingerprint density at radius 2 is 2.11 bits per heavy atom. The van der Waals surface area contributed by atoms with Gasteiger partial charge in [-0.3, -0.25) is 4.79 Å². The first kappa shape index (κ1) is 14.2. The summed E-state index contributed by atoms with van der Waals surface area (Å²) in [6.45, 7) is 1.39. The Morgan fingerprint density at radius 3 is 2.78 bits per heavy atom. The summed E-state index contributed by atoms with van der Waals surface area (Å²) in [6.07, 6.45) is 0. The zero-order valence-electron chi connectivity index (χ0n) is 10.4. The number of ether oxygens (including phenoxy) is 1.